The first-order valence-corrected chi connectivity index (χ1v) is 6.54. The van der Waals surface area contributed by atoms with Gasteiger partial charge in [0, 0.05) is 17.1 Å². The fourth-order valence-electron chi connectivity index (χ4n) is 1.67. The number of nitrogens with one attached hydrogen (secondary N) is 1. The monoisotopic (exact) mass is 308 g/mol. The number of nitrogens with zero attached hydrogens (tertiary/aromatic N) is 1. The lowest BCUT2D eigenvalue weighted by atomic mass is 10.2. The molecule has 1 aromatic heterocycles. The van der Waals surface area contributed by atoms with E-state index in [4.69, 9.17) is 0 Å². The van der Waals surface area contributed by atoms with E-state index in [1.807, 2.05) is 19.1 Å². The Kier molecular flexibility index (Phi) is 4.44. The molecule has 1 aromatic carbocycles. The molecule has 0 spiro atoms. The number of hydrogen-bond donors (Lipinski definition) is 1. The second kappa shape index (κ2) is 6.07. The van der Waals surface area contributed by atoms with Crippen LogP contribution in [-0.2, 0) is 6.54 Å². The van der Waals surface area contributed by atoms with E-state index in [-0.39, 0.29) is 11.9 Å². The summed E-state index contributed by atoms with van der Waals surface area (Å²) in [7, 11) is 0. The summed E-state index contributed by atoms with van der Waals surface area (Å²) in [6.07, 6.45) is 1.24. The lowest BCUT2D eigenvalue weighted by Gasteiger charge is -2.13. The van der Waals surface area contributed by atoms with Crippen LogP contribution in [0.25, 0.3) is 0 Å². The van der Waals surface area contributed by atoms with Gasteiger partial charge < -0.3 is 5.32 Å². The average Bonchev–Trinajstić information content (AvgIpc) is 2.37. The van der Waals surface area contributed by atoms with E-state index in [0.717, 1.165) is 16.7 Å². The van der Waals surface area contributed by atoms with Crippen LogP contribution in [-0.4, -0.2) is 4.98 Å². The lowest BCUT2D eigenvalue weighted by molar-refractivity contribution is 0.554. The first-order valence-electron chi connectivity index (χ1n) is 5.74. The summed E-state index contributed by atoms with van der Waals surface area (Å²) in [6.45, 7) is 2.76. The number of rotatable bonds is 4. The summed E-state index contributed by atoms with van der Waals surface area (Å²) in [5.74, 6) is -0.307. The maximum atomic E-state index is 12.8. The van der Waals surface area contributed by atoms with Gasteiger partial charge in [-0.05, 0) is 36.8 Å². The normalized spacial score (nSPS) is 12.4. The highest BCUT2D eigenvalue weighted by atomic mass is 79.9. The van der Waals surface area contributed by atoms with Gasteiger partial charge in [0.2, 0.25) is 0 Å². The zero-order valence-electron chi connectivity index (χ0n) is 10.0. The van der Waals surface area contributed by atoms with E-state index in [1.165, 1.54) is 17.8 Å². The Labute approximate surface area is 114 Å². The minimum Gasteiger partial charge on any atom is -0.305 e. The highest BCUT2D eigenvalue weighted by Gasteiger charge is 2.06. The van der Waals surface area contributed by atoms with E-state index in [9.17, 15) is 4.39 Å². The molecule has 2 rings (SSSR count). The van der Waals surface area contributed by atoms with Gasteiger partial charge in [0.15, 0.2) is 0 Å². The van der Waals surface area contributed by atoms with Gasteiger partial charge in [0.05, 0.1) is 11.9 Å². The predicted molar refractivity (Wildman–Crippen MR) is 73.6 cm³/mol. The van der Waals surface area contributed by atoms with Crippen molar-refractivity contribution in [3.63, 3.8) is 0 Å². The predicted octanol–water partition coefficient (Wildman–Crippen LogP) is 3.83. The summed E-state index contributed by atoms with van der Waals surface area (Å²) in [4.78, 5) is 4.06. The van der Waals surface area contributed by atoms with E-state index < -0.39 is 0 Å². The van der Waals surface area contributed by atoms with Gasteiger partial charge in [-0.3, -0.25) is 4.98 Å². The van der Waals surface area contributed by atoms with Crippen molar-refractivity contribution in [2.45, 2.75) is 19.5 Å². The molecule has 1 atom stereocenters. The van der Waals surface area contributed by atoms with E-state index >= 15 is 0 Å². The molecule has 1 N–H and O–H groups in total. The number of halogens is 2. The number of benzene rings is 1. The van der Waals surface area contributed by atoms with Crippen LogP contribution >= 0.6 is 15.9 Å². The van der Waals surface area contributed by atoms with Gasteiger partial charge >= 0.3 is 0 Å². The standard InChI is InChI=1S/C14H14BrFN2/c1-10(14-6-5-13(16)9-18-14)17-8-11-3-2-4-12(15)7-11/h2-7,9-10,17H,8H2,1H3. The molecule has 0 aliphatic carbocycles. The van der Waals surface area contributed by atoms with Crippen LogP contribution in [0.5, 0.6) is 0 Å². The van der Waals surface area contributed by atoms with Crippen molar-refractivity contribution in [3.8, 4) is 0 Å². The molecule has 0 radical (unpaired) electrons. The van der Waals surface area contributed by atoms with Gasteiger partial charge in [0.25, 0.3) is 0 Å². The van der Waals surface area contributed by atoms with Crippen molar-refractivity contribution < 1.29 is 4.39 Å². The molecular weight excluding hydrogens is 295 g/mol. The summed E-state index contributed by atoms with van der Waals surface area (Å²) < 4.78 is 13.8. The quantitative estimate of drug-likeness (QED) is 0.928. The van der Waals surface area contributed by atoms with E-state index in [1.54, 1.807) is 6.07 Å². The second-order valence-corrected chi connectivity index (χ2v) is 5.05. The SMILES string of the molecule is CC(NCc1cccc(Br)c1)c1ccc(F)cn1. The number of aromatic nitrogens is 1. The van der Waals surface area contributed by atoms with Crippen LogP contribution < -0.4 is 5.32 Å². The Morgan fingerprint density at radius 3 is 2.83 bits per heavy atom. The van der Waals surface area contributed by atoms with Crippen LogP contribution in [0, 0.1) is 5.82 Å². The Balaban J connectivity index is 1.96. The molecule has 0 bridgehead atoms. The Morgan fingerprint density at radius 2 is 2.17 bits per heavy atom. The molecule has 0 aliphatic heterocycles. The summed E-state index contributed by atoms with van der Waals surface area (Å²) in [5.41, 5.74) is 2.03. The third-order valence-corrected chi connectivity index (χ3v) is 3.19. The van der Waals surface area contributed by atoms with Gasteiger partial charge in [-0.2, -0.15) is 0 Å². The molecule has 0 saturated carbocycles. The Hall–Kier alpha value is -1.26. The molecule has 1 unspecified atom stereocenters. The lowest BCUT2D eigenvalue weighted by Crippen LogP contribution is -2.19. The van der Waals surface area contributed by atoms with Crippen LogP contribution in [0.15, 0.2) is 47.1 Å². The Bertz CT molecular complexity index is 513. The fourth-order valence-corrected chi connectivity index (χ4v) is 2.11. The summed E-state index contributed by atoms with van der Waals surface area (Å²) >= 11 is 3.44. The second-order valence-electron chi connectivity index (χ2n) is 4.13. The first kappa shape index (κ1) is 13.2. The molecule has 0 fully saturated rings. The molecule has 0 aliphatic rings. The van der Waals surface area contributed by atoms with Crippen molar-refractivity contribution in [1.29, 1.82) is 0 Å². The maximum absolute atomic E-state index is 12.8. The molecule has 1 heterocycles. The van der Waals surface area contributed by atoms with Crippen molar-refractivity contribution in [2.75, 3.05) is 0 Å². The van der Waals surface area contributed by atoms with Gasteiger partial charge in [0.1, 0.15) is 5.82 Å². The molecule has 18 heavy (non-hydrogen) atoms. The fraction of sp³-hybridized carbons (Fsp3) is 0.214. The highest BCUT2D eigenvalue weighted by molar-refractivity contribution is 9.10. The van der Waals surface area contributed by atoms with Gasteiger partial charge in [-0.1, -0.05) is 28.1 Å². The first-order chi connectivity index (χ1) is 8.65. The van der Waals surface area contributed by atoms with Crippen LogP contribution in [0.4, 0.5) is 4.39 Å². The van der Waals surface area contributed by atoms with Gasteiger partial charge in [-0.25, -0.2) is 4.39 Å². The minimum atomic E-state index is -0.307. The summed E-state index contributed by atoms with van der Waals surface area (Å²) in [5, 5.41) is 3.36. The van der Waals surface area contributed by atoms with Crippen molar-refractivity contribution in [1.82, 2.24) is 10.3 Å². The molecule has 0 amide bonds. The zero-order chi connectivity index (χ0) is 13.0. The molecule has 94 valence electrons. The molecule has 0 saturated heterocycles. The topological polar surface area (TPSA) is 24.9 Å². The number of pyridine rings is 1. The number of hydrogen-bond acceptors (Lipinski definition) is 2. The van der Waals surface area contributed by atoms with Crippen molar-refractivity contribution in [2.24, 2.45) is 0 Å². The maximum Gasteiger partial charge on any atom is 0.141 e. The van der Waals surface area contributed by atoms with E-state index in [2.05, 4.69) is 38.4 Å². The third-order valence-electron chi connectivity index (χ3n) is 2.70. The van der Waals surface area contributed by atoms with Crippen LogP contribution in [0.2, 0.25) is 0 Å². The van der Waals surface area contributed by atoms with Gasteiger partial charge in [-0.15, -0.1) is 0 Å². The smallest absolute Gasteiger partial charge is 0.141 e. The Morgan fingerprint density at radius 1 is 1.33 bits per heavy atom. The van der Waals surface area contributed by atoms with Crippen LogP contribution in [0.1, 0.15) is 24.2 Å². The molecule has 4 heteroatoms. The molecular formula is C14H14BrFN2. The molecule has 2 nitrogen and oxygen atoms in total. The summed E-state index contributed by atoms with van der Waals surface area (Å²) in [6, 6.07) is 11.3. The largest absolute Gasteiger partial charge is 0.305 e. The van der Waals surface area contributed by atoms with Crippen molar-refractivity contribution >= 4 is 15.9 Å². The average molecular weight is 309 g/mol. The highest BCUT2D eigenvalue weighted by Crippen LogP contribution is 2.14. The minimum absolute atomic E-state index is 0.0876. The molecule has 2 aromatic rings. The van der Waals surface area contributed by atoms with Crippen molar-refractivity contribution in [3.05, 3.63) is 64.1 Å². The van der Waals surface area contributed by atoms with Crippen LogP contribution in [0.3, 0.4) is 0 Å². The van der Waals surface area contributed by atoms with E-state index in [0.29, 0.717) is 0 Å². The zero-order valence-corrected chi connectivity index (χ0v) is 11.6. The third kappa shape index (κ3) is 3.62.